The third-order valence-electron chi connectivity index (χ3n) is 3.24. The number of nitrogens with zero attached hydrogens (tertiary/aromatic N) is 4. The van der Waals surface area contributed by atoms with Gasteiger partial charge in [0, 0.05) is 5.39 Å². The van der Waals surface area contributed by atoms with Gasteiger partial charge in [-0.05, 0) is 31.2 Å². The Bertz CT molecular complexity index is 877. The van der Waals surface area contributed by atoms with Gasteiger partial charge in [-0.25, -0.2) is 13.8 Å². The van der Waals surface area contributed by atoms with Crippen molar-refractivity contribution >= 4 is 10.9 Å². The average Bonchev–Trinajstić information content (AvgIpc) is 2.91. The number of halogens is 1. The first-order valence-corrected chi connectivity index (χ1v) is 6.44. The molecule has 2 heterocycles. The quantitative estimate of drug-likeness (QED) is 0.693. The van der Waals surface area contributed by atoms with Crippen LogP contribution in [0.3, 0.4) is 0 Å². The van der Waals surface area contributed by atoms with Gasteiger partial charge in [-0.2, -0.15) is 10.2 Å². The van der Waals surface area contributed by atoms with Crippen molar-refractivity contribution in [2.45, 2.75) is 13.5 Å². The summed E-state index contributed by atoms with van der Waals surface area (Å²) in [6.07, 6.45) is 3.21. The summed E-state index contributed by atoms with van der Waals surface area (Å²) in [5.74, 6) is -0.336. The predicted molar refractivity (Wildman–Crippen MR) is 78.0 cm³/mol. The van der Waals surface area contributed by atoms with E-state index in [1.165, 1.54) is 21.5 Å². The average molecular weight is 284 g/mol. The van der Waals surface area contributed by atoms with Crippen LogP contribution in [-0.4, -0.2) is 19.6 Å². The van der Waals surface area contributed by atoms with Crippen LogP contribution in [0.15, 0.2) is 47.9 Å². The number of fused-ring (bicyclic) bond motifs is 1. The molecule has 106 valence electrons. The second-order valence-corrected chi connectivity index (χ2v) is 4.66. The molecule has 0 fully saturated rings. The van der Waals surface area contributed by atoms with Crippen LogP contribution in [0.5, 0.6) is 0 Å². The van der Waals surface area contributed by atoms with Crippen molar-refractivity contribution < 1.29 is 4.39 Å². The first-order valence-electron chi connectivity index (χ1n) is 6.44. The van der Waals surface area contributed by atoms with E-state index in [1.54, 1.807) is 24.4 Å². The van der Waals surface area contributed by atoms with Crippen LogP contribution < -0.4 is 5.56 Å². The van der Waals surface area contributed by atoms with E-state index in [9.17, 15) is 9.18 Å². The summed E-state index contributed by atoms with van der Waals surface area (Å²) in [6, 6.07) is 5.82. The molecular formula is C15H13FN4O. The summed E-state index contributed by atoms with van der Waals surface area (Å²) in [7, 11) is 0. The summed E-state index contributed by atoms with van der Waals surface area (Å²) in [6.45, 7) is 5.76. The van der Waals surface area contributed by atoms with Crippen molar-refractivity contribution in [3.05, 3.63) is 65.0 Å². The Hall–Kier alpha value is -2.76. The molecule has 0 bridgehead atoms. The van der Waals surface area contributed by atoms with Crippen molar-refractivity contribution in [2.75, 3.05) is 0 Å². The van der Waals surface area contributed by atoms with Crippen LogP contribution in [0, 0.1) is 12.7 Å². The third kappa shape index (κ3) is 2.14. The fraction of sp³-hybridized carbons (Fsp3) is 0.133. The molecule has 3 rings (SSSR count). The van der Waals surface area contributed by atoms with Crippen LogP contribution in [-0.2, 0) is 6.54 Å². The highest BCUT2D eigenvalue weighted by molar-refractivity contribution is 5.81. The highest BCUT2D eigenvalue weighted by Crippen LogP contribution is 2.17. The molecule has 0 atom stereocenters. The first-order chi connectivity index (χ1) is 10.1. The molecule has 5 nitrogen and oxygen atoms in total. The van der Waals surface area contributed by atoms with E-state index < -0.39 is 0 Å². The number of hydrogen-bond donors (Lipinski definition) is 0. The second-order valence-electron chi connectivity index (χ2n) is 4.66. The summed E-state index contributed by atoms with van der Waals surface area (Å²) in [5.41, 5.74) is 1.51. The van der Waals surface area contributed by atoms with Gasteiger partial charge in [0.15, 0.2) is 0 Å². The number of benzene rings is 1. The largest absolute Gasteiger partial charge is 0.293 e. The lowest BCUT2D eigenvalue weighted by atomic mass is 10.2. The van der Waals surface area contributed by atoms with Gasteiger partial charge in [-0.1, -0.05) is 6.08 Å². The second kappa shape index (κ2) is 4.97. The molecule has 0 amide bonds. The summed E-state index contributed by atoms with van der Waals surface area (Å²) < 4.78 is 15.9. The van der Waals surface area contributed by atoms with E-state index in [1.807, 2.05) is 6.92 Å². The third-order valence-corrected chi connectivity index (χ3v) is 3.24. The summed E-state index contributed by atoms with van der Waals surface area (Å²) >= 11 is 0. The summed E-state index contributed by atoms with van der Waals surface area (Å²) in [5, 5.41) is 9.15. The lowest BCUT2D eigenvalue weighted by Crippen LogP contribution is -2.25. The molecule has 0 aliphatic carbocycles. The van der Waals surface area contributed by atoms with Gasteiger partial charge < -0.3 is 0 Å². The molecule has 6 heteroatoms. The van der Waals surface area contributed by atoms with E-state index >= 15 is 0 Å². The van der Waals surface area contributed by atoms with E-state index in [0.717, 1.165) is 0 Å². The molecule has 0 radical (unpaired) electrons. The number of allylic oxidation sites excluding steroid dienone is 1. The minimum absolute atomic E-state index is 0.252. The topological polar surface area (TPSA) is 52.7 Å². The van der Waals surface area contributed by atoms with Gasteiger partial charge in [0.25, 0.3) is 5.56 Å². The lowest BCUT2D eigenvalue weighted by molar-refractivity contribution is 0.627. The molecule has 2 aromatic heterocycles. The molecule has 0 aliphatic rings. The SMILES string of the molecule is C=CCn1nc(C)c2cnn(-c3ccc(F)cc3)c2c1=O. The molecule has 0 unspecified atom stereocenters. The van der Waals surface area contributed by atoms with E-state index in [4.69, 9.17) is 0 Å². The minimum Gasteiger partial charge on any atom is -0.265 e. The van der Waals surface area contributed by atoms with Crippen LogP contribution in [0.4, 0.5) is 4.39 Å². The summed E-state index contributed by atoms with van der Waals surface area (Å²) in [4.78, 5) is 12.5. The number of hydrogen-bond acceptors (Lipinski definition) is 3. The van der Waals surface area contributed by atoms with Crippen LogP contribution in [0.2, 0.25) is 0 Å². The highest BCUT2D eigenvalue weighted by Gasteiger charge is 2.14. The Kier molecular flexibility index (Phi) is 3.13. The smallest absolute Gasteiger partial charge is 0.265 e. The zero-order chi connectivity index (χ0) is 15.0. The van der Waals surface area contributed by atoms with E-state index in [2.05, 4.69) is 16.8 Å². The Morgan fingerprint density at radius 1 is 1.33 bits per heavy atom. The Labute approximate surface area is 119 Å². The Morgan fingerprint density at radius 2 is 2.05 bits per heavy atom. The minimum atomic E-state index is -0.336. The standard InChI is InChI=1S/C15H13FN4O/c1-3-8-19-15(21)14-13(10(2)18-19)9-17-20(14)12-6-4-11(16)5-7-12/h3-7,9H,1,8H2,2H3. The van der Waals surface area contributed by atoms with Crippen molar-refractivity contribution in [1.29, 1.82) is 0 Å². The van der Waals surface area contributed by atoms with Gasteiger partial charge in [0.1, 0.15) is 11.3 Å². The fourth-order valence-corrected chi connectivity index (χ4v) is 2.25. The van der Waals surface area contributed by atoms with Crippen molar-refractivity contribution in [2.24, 2.45) is 0 Å². The molecule has 0 spiro atoms. The zero-order valence-electron chi connectivity index (χ0n) is 11.5. The van der Waals surface area contributed by atoms with Crippen molar-refractivity contribution in [3.8, 4) is 5.69 Å². The van der Waals surface area contributed by atoms with Crippen LogP contribution in [0.25, 0.3) is 16.6 Å². The van der Waals surface area contributed by atoms with Crippen molar-refractivity contribution in [3.63, 3.8) is 0 Å². The fourth-order valence-electron chi connectivity index (χ4n) is 2.25. The molecule has 0 saturated heterocycles. The molecular weight excluding hydrogens is 271 g/mol. The number of aryl methyl sites for hydroxylation is 1. The van der Waals surface area contributed by atoms with E-state index in [0.29, 0.717) is 28.8 Å². The lowest BCUT2D eigenvalue weighted by Gasteiger charge is -2.06. The molecule has 1 aromatic carbocycles. The Morgan fingerprint density at radius 3 is 2.71 bits per heavy atom. The van der Waals surface area contributed by atoms with Gasteiger partial charge in [-0.15, -0.1) is 6.58 Å². The predicted octanol–water partition coefficient (Wildman–Crippen LogP) is 2.22. The molecule has 3 aromatic rings. The Balaban J connectivity index is 2.32. The maximum Gasteiger partial charge on any atom is 0.293 e. The number of aromatic nitrogens is 4. The zero-order valence-corrected chi connectivity index (χ0v) is 11.5. The van der Waals surface area contributed by atoms with Gasteiger partial charge in [0.2, 0.25) is 0 Å². The monoisotopic (exact) mass is 284 g/mol. The van der Waals surface area contributed by atoms with Crippen LogP contribution in [0.1, 0.15) is 5.69 Å². The molecule has 21 heavy (non-hydrogen) atoms. The first kappa shape index (κ1) is 13.2. The van der Waals surface area contributed by atoms with Crippen molar-refractivity contribution in [1.82, 2.24) is 19.6 Å². The van der Waals surface area contributed by atoms with Crippen LogP contribution >= 0.6 is 0 Å². The molecule has 0 saturated carbocycles. The van der Waals surface area contributed by atoms with Gasteiger partial charge in [0.05, 0.1) is 24.1 Å². The van der Waals surface area contributed by atoms with Gasteiger partial charge >= 0.3 is 0 Å². The molecule has 0 N–H and O–H groups in total. The number of rotatable bonds is 3. The highest BCUT2D eigenvalue weighted by atomic mass is 19.1. The van der Waals surface area contributed by atoms with Gasteiger partial charge in [-0.3, -0.25) is 4.79 Å². The normalized spacial score (nSPS) is 11.0. The maximum absolute atomic E-state index is 13.0. The molecule has 0 aliphatic heterocycles. The van der Waals surface area contributed by atoms with E-state index in [-0.39, 0.29) is 11.4 Å². The maximum atomic E-state index is 13.0.